The second-order valence-electron chi connectivity index (χ2n) is 5.29. The van der Waals surface area contributed by atoms with Gasteiger partial charge < -0.3 is 9.84 Å². The van der Waals surface area contributed by atoms with Gasteiger partial charge in [-0.15, -0.1) is 0 Å². The van der Waals surface area contributed by atoms with E-state index in [-0.39, 0.29) is 15.6 Å². The van der Waals surface area contributed by atoms with E-state index < -0.39 is 16.2 Å². The van der Waals surface area contributed by atoms with Crippen LogP contribution in [-0.2, 0) is 10.0 Å². The predicted molar refractivity (Wildman–Crippen MR) is 98.2 cm³/mol. The van der Waals surface area contributed by atoms with E-state index in [0.29, 0.717) is 16.0 Å². The maximum Gasteiger partial charge on any atom is 0.512 e. The Labute approximate surface area is 154 Å². The lowest BCUT2D eigenvalue weighted by molar-refractivity contribution is 0.146. The summed E-state index contributed by atoms with van der Waals surface area (Å²) in [4.78, 5) is 15.7. The van der Waals surface area contributed by atoms with Crippen LogP contribution < -0.4 is 9.46 Å². The van der Waals surface area contributed by atoms with Crippen molar-refractivity contribution in [3.8, 4) is 15.5 Å². The molecule has 3 rings (SSSR count). The Morgan fingerprint density at radius 2 is 2.00 bits per heavy atom. The van der Waals surface area contributed by atoms with Crippen molar-refractivity contribution in [1.29, 1.82) is 0 Å². The Balaban J connectivity index is 2.02. The van der Waals surface area contributed by atoms with Crippen LogP contribution in [0.15, 0.2) is 59.8 Å². The summed E-state index contributed by atoms with van der Waals surface area (Å²) in [5.41, 5.74) is 1.34. The molecular formula is C17H14N2O5S2. The van der Waals surface area contributed by atoms with Gasteiger partial charge in [-0.1, -0.05) is 35.6 Å². The van der Waals surface area contributed by atoms with Crippen molar-refractivity contribution in [2.24, 2.45) is 0 Å². The lowest BCUT2D eigenvalue weighted by atomic mass is 10.2. The summed E-state index contributed by atoms with van der Waals surface area (Å²) in [6.07, 6.45) is 1.67. The topological polar surface area (TPSA) is 106 Å². The van der Waals surface area contributed by atoms with Gasteiger partial charge in [0.05, 0.1) is 4.90 Å². The lowest BCUT2D eigenvalue weighted by Crippen LogP contribution is -2.15. The quantitative estimate of drug-likeness (QED) is 0.639. The second-order valence-corrected chi connectivity index (χ2v) is 7.96. The summed E-state index contributed by atoms with van der Waals surface area (Å²) in [7, 11) is -3.90. The SMILES string of the molecule is Cc1ccccc1S(=O)(=O)Nc1cc(-c2cccnc2)sc1OC(=O)O. The van der Waals surface area contributed by atoms with Crippen LogP contribution in [0.5, 0.6) is 5.06 Å². The number of sulfonamides is 1. The summed E-state index contributed by atoms with van der Waals surface area (Å²) in [5, 5.41) is 8.86. The molecule has 0 unspecified atom stereocenters. The number of aryl methyl sites for hydroxylation is 1. The number of hydrogen-bond donors (Lipinski definition) is 2. The minimum atomic E-state index is -3.90. The molecule has 0 radical (unpaired) electrons. The highest BCUT2D eigenvalue weighted by Crippen LogP contribution is 2.41. The minimum Gasteiger partial charge on any atom is -0.449 e. The zero-order valence-corrected chi connectivity index (χ0v) is 15.2. The average Bonchev–Trinajstić information content (AvgIpc) is 2.97. The standard InChI is InChI=1S/C17H14N2O5S2/c1-11-5-2-3-7-15(11)26(22,23)19-13-9-14(12-6-4-8-18-10-12)25-16(13)24-17(20)21/h2-10,19H,1H3,(H,20,21). The molecule has 2 heterocycles. The number of pyridine rings is 1. The number of nitrogens with one attached hydrogen (secondary N) is 1. The number of rotatable bonds is 5. The van der Waals surface area contributed by atoms with E-state index in [4.69, 9.17) is 9.84 Å². The second kappa shape index (κ2) is 7.14. The molecule has 134 valence electrons. The fraction of sp³-hybridized carbons (Fsp3) is 0.0588. The van der Waals surface area contributed by atoms with Gasteiger partial charge in [0.25, 0.3) is 10.0 Å². The molecule has 0 aliphatic heterocycles. The number of carboxylic acid groups (broad SMARTS) is 1. The first-order chi connectivity index (χ1) is 12.4. The van der Waals surface area contributed by atoms with Crippen LogP contribution in [0.4, 0.5) is 10.5 Å². The van der Waals surface area contributed by atoms with Gasteiger partial charge in [-0.2, -0.15) is 0 Å². The Bertz CT molecular complexity index is 1050. The van der Waals surface area contributed by atoms with E-state index >= 15 is 0 Å². The number of aromatic nitrogens is 1. The van der Waals surface area contributed by atoms with Gasteiger partial charge in [-0.25, -0.2) is 13.2 Å². The molecule has 26 heavy (non-hydrogen) atoms. The van der Waals surface area contributed by atoms with Crippen molar-refractivity contribution < 1.29 is 23.1 Å². The lowest BCUT2D eigenvalue weighted by Gasteiger charge is -2.10. The van der Waals surface area contributed by atoms with Gasteiger partial charge in [-0.3, -0.25) is 9.71 Å². The molecule has 0 amide bonds. The monoisotopic (exact) mass is 390 g/mol. The van der Waals surface area contributed by atoms with Crippen LogP contribution in [0.3, 0.4) is 0 Å². The molecule has 0 saturated heterocycles. The summed E-state index contributed by atoms with van der Waals surface area (Å²) in [5.74, 6) is 0. The van der Waals surface area contributed by atoms with Gasteiger partial charge in [0.15, 0.2) is 0 Å². The molecule has 7 nitrogen and oxygen atoms in total. The number of thiophene rings is 1. The molecule has 0 fully saturated rings. The largest absolute Gasteiger partial charge is 0.512 e. The van der Waals surface area contributed by atoms with Gasteiger partial charge in [0, 0.05) is 22.8 Å². The fourth-order valence-corrected chi connectivity index (χ4v) is 4.62. The van der Waals surface area contributed by atoms with Crippen LogP contribution in [0, 0.1) is 6.92 Å². The van der Waals surface area contributed by atoms with Crippen molar-refractivity contribution >= 4 is 33.2 Å². The first-order valence-electron chi connectivity index (χ1n) is 7.40. The first kappa shape index (κ1) is 17.9. The Kier molecular flexibility index (Phi) is 4.92. The fourth-order valence-electron chi connectivity index (χ4n) is 2.31. The van der Waals surface area contributed by atoms with E-state index in [0.717, 1.165) is 11.3 Å². The molecule has 3 aromatic rings. The molecule has 1 aromatic carbocycles. The van der Waals surface area contributed by atoms with E-state index in [1.165, 1.54) is 12.1 Å². The summed E-state index contributed by atoms with van der Waals surface area (Å²) in [6.45, 7) is 1.68. The summed E-state index contributed by atoms with van der Waals surface area (Å²) < 4.78 is 32.5. The van der Waals surface area contributed by atoms with E-state index in [9.17, 15) is 13.2 Å². The maximum atomic E-state index is 12.7. The van der Waals surface area contributed by atoms with Crippen LogP contribution in [-0.4, -0.2) is 24.7 Å². The van der Waals surface area contributed by atoms with Crippen LogP contribution in [0.1, 0.15) is 5.56 Å². The van der Waals surface area contributed by atoms with Gasteiger partial charge in [-0.05, 0) is 30.7 Å². The van der Waals surface area contributed by atoms with Crippen molar-refractivity contribution in [1.82, 2.24) is 4.98 Å². The van der Waals surface area contributed by atoms with Crippen molar-refractivity contribution in [3.63, 3.8) is 0 Å². The Morgan fingerprint density at radius 3 is 2.65 bits per heavy atom. The molecule has 9 heteroatoms. The Hall–Kier alpha value is -2.91. The molecule has 0 bridgehead atoms. The average molecular weight is 390 g/mol. The van der Waals surface area contributed by atoms with Crippen LogP contribution in [0.2, 0.25) is 0 Å². The third kappa shape index (κ3) is 3.84. The minimum absolute atomic E-state index is 0.0551. The van der Waals surface area contributed by atoms with Gasteiger partial charge in [0.1, 0.15) is 5.69 Å². The molecule has 0 atom stereocenters. The highest BCUT2D eigenvalue weighted by Gasteiger charge is 2.22. The first-order valence-corrected chi connectivity index (χ1v) is 9.70. The number of anilines is 1. The number of carbonyl (C=O) groups is 1. The third-order valence-corrected chi connectivity index (χ3v) is 6.04. The smallest absolute Gasteiger partial charge is 0.449 e. The highest BCUT2D eigenvalue weighted by atomic mass is 32.2. The zero-order valence-electron chi connectivity index (χ0n) is 13.5. The van der Waals surface area contributed by atoms with Crippen LogP contribution >= 0.6 is 11.3 Å². The number of nitrogens with zero attached hydrogens (tertiary/aromatic N) is 1. The Morgan fingerprint density at radius 1 is 1.23 bits per heavy atom. The van der Waals surface area contributed by atoms with Crippen molar-refractivity contribution in [2.75, 3.05) is 4.72 Å². The predicted octanol–water partition coefficient (Wildman–Crippen LogP) is 3.98. The zero-order chi connectivity index (χ0) is 18.7. The molecule has 0 aliphatic carbocycles. The number of ether oxygens (including phenoxy) is 1. The molecular weight excluding hydrogens is 376 g/mol. The number of hydrogen-bond acceptors (Lipinski definition) is 6. The van der Waals surface area contributed by atoms with E-state index in [1.54, 1.807) is 49.6 Å². The summed E-state index contributed by atoms with van der Waals surface area (Å²) in [6, 6.07) is 11.5. The molecule has 0 saturated carbocycles. The van der Waals surface area contributed by atoms with Crippen molar-refractivity contribution in [3.05, 3.63) is 60.4 Å². The normalized spacial score (nSPS) is 11.1. The van der Waals surface area contributed by atoms with E-state index in [1.807, 2.05) is 0 Å². The highest BCUT2D eigenvalue weighted by molar-refractivity contribution is 7.92. The molecule has 0 aliphatic rings. The third-order valence-electron chi connectivity index (χ3n) is 3.45. The van der Waals surface area contributed by atoms with Crippen LogP contribution in [0.25, 0.3) is 10.4 Å². The molecule has 2 N–H and O–H groups in total. The van der Waals surface area contributed by atoms with E-state index in [2.05, 4.69) is 9.71 Å². The molecule has 0 spiro atoms. The number of benzene rings is 1. The van der Waals surface area contributed by atoms with Crippen molar-refractivity contribution in [2.45, 2.75) is 11.8 Å². The summed E-state index contributed by atoms with van der Waals surface area (Å²) >= 11 is 1.01. The van der Waals surface area contributed by atoms with Gasteiger partial charge in [0.2, 0.25) is 5.06 Å². The molecule has 2 aromatic heterocycles. The maximum absolute atomic E-state index is 12.7. The van der Waals surface area contributed by atoms with Gasteiger partial charge >= 0.3 is 6.16 Å².